The van der Waals surface area contributed by atoms with Crippen LogP contribution in [0.1, 0.15) is 50.5 Å². The van der Waals surface area contributed by atoms with Crippen molar-refractivity contribution in [2.45, 2.75) is 45.6 Å². The number of carbonyl (C=O) groups excluding carboxylic acids is 1. The van der Waals surface area contributed by atoms with Crippen LogP contribution >= 0.6 is 0 Å². The van der Waals surface area contributed by atoms with Crippen molar-refractivity contribution < 1.29 is 4.79 Å². The van der Waals surface area contributed by atoms with Crippen molar-refractivity contribution >= 4 is 16.8 Å². The molecule has 0 aliphatic heterocycles. The molecular formula is C23H27N3O2. The van der Waals surface area contributed by atoms with Crippen molar-refractivity contribution in [3.05, 3.63) is 76.3 Å². The zero-order valence-electron chi connectivity index (χ0n) is 16.4. The number of nitrogens with zero attached hydrogens (tertiary/aromatic N) is 1. The Morgan fingerprint density at radius 3 is 2.54 bits per heavy atom. The summed E-state index contributed by atoms with van der Waals surface area (Å²) in [4.78, 5) is 31.9. The predicted molar refractivity (Wildman–Crippen MR) is 112 cm³/mol. The lowest BCUT2D eigenvalue weighted by atomic mass is 9.97. The normalized spacial score (nSPS) is 12.2. The Labute approximate surface area is 165 Å². The first kappa shape index (κ1) is 19.8. The van der Waals surface area contributed by atoms with Gasteiger partial charge in [-0.3, -0.25) is 9.59 Å². The van der Waals surface area contributed by atoms with Gasteiger partial charge in [0.15, 0.2) is 0 Å². The van der Waals surface area contributed by atoms with Gasteiger partial charge in [0.1, 0.15) is 5.82 Å². The van der Waals surface area contributed by atoms with E-state index in [9.17, 15) is 9.59 Å². The van der Waals surface area contributed by atoms with Crippen LogP contribution in [0.2, 0.25) is 0 Å². The van der Waals surface area contributed by atoms with E-state index in [4.69, 9.17) is 0 Å². The van der Waals surface area contributed by atoms with Gasteiger partial charge in [0.2, 0.25) is 5.91 Å². The lowest BCUT2D eigenvalue weighted by Gasteiger charge is -2.21. The first-order valence-electron chi connectivity index (χ1n) is 9.85. The molecule has 0 bridgehead atoms. The quantitative estimate of drug-likeness (QED) is 0.619. The van der Waals surface area contributed by atoms with Crippen molar-refractivity contribution in [1.29, 1.82) is 0 Å². The molecule has 1 unspecified atom stereocenters. The van der Waals surface area contributed by atoms with Gasteiger partial charge in [-0.1, -0.05) is 56.3 Å². The molecule has 0 saturated heterocycles. The molecule has 1 aromatic heterocycles. The minimum Gasteiger partial charge on any atom is -0.349 e. The third-order valence-corrected chi connectivity index (χ3v) is 4.72. The lowest BCUT2D eigenvalue weighted by molar-refractivity contribution is -0.122. The number of amides is 1. The Morgan fingerprint density at radius 2 is 1.79 bits per heavy atom. The number of H-pyrrole nitrogens is 1. The Kier molecular flexibility index (Phi) is 6.58. The first-order valence-corrected chi connectivity index (χ1v) is 9.85. The molecule has 1 heterocycles. The third kappa shape index (κ3) is 5.28. The lowest BCUT2D eigenvalue weighted by Crippen LogP contribution is -2.29. The van der Waals surface area contributed by atoms with Crippen molar-refractivity contribution in [1.82, 2.24) is 15.3 Å². The molecule has 2 aromatic carbocycles. The summed E-state index contributed by atoms with van der Waals surface area (Å²) in [7, 11) is 0. The number of hydrogen-bond acceptors (Lipinski definition) is 3. The fraction of sp³-hybridized carbons (Fsp3) is 0.348. The molecule has 28 heavy (non-hydrogen) atoms. The van der Waals surface area contributed by atoms with E-state index < -0.39 is 0 Å². The summed E-state index contributed by atoms with van der Waals surface area (Å²) >= 11 is 0. The van der Waals surface area contributed by atoms with Crippen LogP contribution in [-0.4, -0.2) is 15.9 Å². The standard InChI is InChI=1S/C23H27N3O2/c1-16(2)15-20(17-9-4-3-5-10-17)25-22(27)14-8-13-21-24-19-12-7-6-11-18(19)23(28)26-21/h3-7,9-12,16,20H,8,13-15H2,1-2H3,(H,25,27)(H,24,26,28). The fourth-order valence-electron chi connectivity index (χ4n) is 3.37. The van der Waals surface area contributed by atoms with Crippen LogP contribution in [0.4, 0.5) is 0 Å². The van der Waals surface area contributed by atoms with Gasteiger partial charge in [-0.25, -0.2) is 4.98 Å². The number of carbonyl (C=O) groups is 1. The highest BCUT2D eigenvalue weighted by Crippen LogP contribution is 2.21. The van der Waals surface area contributed by atoms with Gasteiger partial charge >= 0.3 is 0 Å². The molecule has 3 aromatic rings. The SMILES string of the molecule is CC(C)CC(NC(=O)CCCc1nc2ccccc2c(=O)[nH]1)c1ccccc1. The molecule has 0 aliphatic carbocycles. The highest BCUT2D eigenvalue weighted by atomic mass is 16.1. The fourth-order valence-corrected chi connectivity index (χ4v) is 3.37. The second-order valence-corrected chi connectivity index (χ2v) is 7.54. The van der Waals surface area contributed by atoms with E-state index in [2.05, 4.69) is 41.3 Å². The molecular weight excluding hydrogens is 350 g/mol. The van der Waals surface area contributed by atoms with Crippen LogP contribution < -0.4 is 10.9 Å². The molecule has 0 spiro atoms. The molecule has 0 aliphatic rings. The van der Waals surface area contributed by atoms with Crippen LogP contribution in [-0.2, 0) is 11.2 Å². The number of benzene rings is 2. The largest absolute Gasteiger partial charge is 0.349 e. The van der Waals surface area contributed by atoms with Crippen molar-refractivity contribution in [3.8, 4) is 0 Å². The number of fused-ring (bicyclic) bond motifs is 1. The van der Waals surface area contributed by atoms with Crippen LogP contribution in [0.15, 0.2) is 59.4 Å². The number of rotatable bonds is 8. The van der Waals surface area contributed by atoms with Gasteiger partial charge < -0.3 is 10.3 Å². The van der Waals surface area contributed by atoms with Gasteiger partial charge in [0.25, 0.3) is 5.56 Å². The number of aromatic nitrogens is 2. The average Bonchev–Trinajstić information content (AvgIpc) is 2.68. The molecule has 1 atom stereocenters. The van der Waals surface area contributed by atoms with E-state index in [1.165, 1.54) is 0 Å². The molecule has 146 valence electrons. The highest BCUT2D eigenvalue weighted by molar-refractivity contribution is 5.77. The molecule has 1 amide bonds. The van der Waals surface area contributed by atoms with E-state index in [1.54, 1.807) is 6.07 Å². The monoisotopic (exact) mass is 377 g/mol. The third-order valence-electron chi connectivity index (χ3n) is 4.72. The molecule has 5 nitrogen and oxygen atoms in total. The molecule has 2 N–H and O–H groups in total. The van der Waals surface area contributed by atoms with E-state index >= 15 is 0 Å². The highest BCUT2D eigenvalue weighted by Gasteiger charge is 2.16. The minimum atomic E-state index is -0.133. The first-order chi connectivity index (χ1) is 13.5. The van der Waals surface area contributed by atoms with Gasteiger partial charge in [-0.2, -0.15) is 0 Å². The summed E-state index contributed by atoms with van der Waals surface area (Å²) in [6.45, 7) is 4.31. The molecule has 0 saturated carbocycles. The molecule has 5 heteroatoms. The maximum Gasteiger partial charge on any atom is 0.258 e. The maximum absolute atomic E-state index is 12.5. The number of aromatic amines is 1. The van der Waals surface area contributed by atoms with Gasteiger partial charge in [-0.05, 0) is 36.5 Å². The number of aryl methyl sites for hydroxylation is 1. The molecule has 3 rings (SSSR count). The van der Waals surface area contributed by atoms with Crippen LogP contribution in [0, 0.1) is 5.92 Å². The summed E-state index contributed by atoms with van der Waals surface area (Å²) in [5.41, 5.74) is 1.68. The second-order valence-electron chi connectivity index (χ2n) is 7.54. The zero-order valence-corrected chi connectivity index (χ0v) is 16.4. The Hall–Kier alpha value is -2.95. The smallest absolute Gasteiger partial charge is 0.258 e. The Balaban J connectivity index is 1.58. The van der Waals surface area contributed by atoms with Gasteiger partial charge in [-0.15, -0.1) is 0 Å². The van der Waals surface area contributed by atoms with Crippen molar-refractivity contribution in [3.63, 3.8) is 0 Å². The van der Waals surface area contributed by atoms with Crippen molar-refractivity contribution in [2.75, 3.05) is 0 Å². The predicted octanol–water partition coefficient (Wildman–Crippen LogP) is 4.15. The van der Waals surface area contributed by atoms with E-state index in [0.29, 0.717) is 41.9 Å². The average molecular weight is 377 g/mol. The number of hydrogen-bond donors (Lipinski definition) is 2. The summed E-state index contributed by atoms with van der Waals surface area (Å²) in [6.07, 6.45) is 2.50. The van der Waals surface area contributed by atoms with Gasteiger partial charge in [0, 0.05) is 12.8 Å². The zero-order chi connectivity index (χ0) is 19.9. The van der Waals surface area contributed by atoms with Crippen molar-refractivity contribution in [2.24, 2.45) is 5.92 Å². The van der Waals surface area contributed by atoms with Crippen LogP contribution in [0.5, 0.6) is 0 Å². The van der Waals surface area contributed by atoms with Crippen LogP contribution in [0.25, 0.3) is 10.9 Å². The van der Waals surface area contributed by atoms with E-state index in [1.807, 2.05) is 36.4 Å². The maximum atomic E-state index is 12.5. The van der Waals surface area contributed by atoms with Gasteiger partial charge in [0.05, 0.1) is 16.9 Å². The number of para-hydroxylation sites is 1. The summed E-state index contributed by atoms with van der Waals surface area (Å²) < 4.78 is 0. The van der Waals surface area contributed by atoms with E-state index in [0.717, 1.165) is 12.0 Å². The summed E-state index contributed by atoms with van der Waals surface area (Å²) in [5, 5.41) is 3.75. The molecule has 0 fully saturated rings. The Bertz CT molecular complexity index is 980. The topological polar surface area (TPSA) is 74.8 Å². The van der Waals surface area contributed by atoms with Crippen LogP contribution in [0.3, 0.4) is 0 Å². The summed E-state index contributed by atoms with van der Waals surface area (Å²) in [6, 6.07) is 17.4. The Morgan fingerprint density at radius 1 is 1.07 bits per heavy atom. The molecule has 0 radical (unpaired) electrons. The summed E-state index contributed by atoms with van der Waals surface area (Å²) in [5.74, 6) is 1.13. The number of nitrogens with one attached hydrogen (secondary N) is 2. The second kappa shape index (κ2) is 9.31. The minimum absolute atomic E-state index is 0.0206. The van der Waals surface area contributed by atoms with E-state index in [-0.39, 0.29) is 17.5 Å².